The van der Waals surface area contributed by atoms with E-state index in [1.54, 1.807) is 13.3 Å². The van der Waals surface area contributed by atoms with Gasteiger partial charge in [0.15, 0.2) is 17.3 Å². The number of methoxy groups -OCH3 is 1. The molecule has 2 heterocycles. The number of ether oxygens (including phenoxy) is 4. The number of rotatable bonds is 9. The normalized spacial score (nSPS) is 11.8. The molecule has 0 fully saturated rings. The van der Waals surface area contributed by atoms with E-state index in [1.807, 2.05) is 42.5 Å². The van der Waals surface area contributed by atoms with Crippen LogP contribution in [0.15, 0.2) is 48.7 Å². The molecule has 0 saturated carbocycles. The molecule has 0 radical (unpaired) electrons. The topological polar surface area (TPSA) is 99.7 Å². The quantitative estimate of drug-likeness (QED) is 0.530. The van der Waals surface area contributed by atoms with E-state index < -0.39 is 0 Å². The maximum absolute atomic E-state index is 5.67. The monoisotopic (exact) mass is 395 g/mol. The summed E-state index contributed by atoms with van der Waals surface area (Å²) in [7, 11) is 1.63. The first-order chi connectivity index (χ1) is 14.3. The van der Waals surface area contributed by atoms with Crippen LogP contribution in [0.25, 0.3) is 0 Å². The molecule has 0 spiro atoms. The van der Waals surface area contributed by atoms with Crippen molar-refractivity contribution in [3.05, 3.63) is 54.2 Å². The molecule has 150 valence electrons. The highest BCUT2D eigenvalue weighted by Crippen LogP contribution is 2.32. The highest BCUT2D eigenvalue weighted by Gasteiger charge is 2.13. The van der Waals surface area contributed by atoms with Crippen LogP contribution in [0.1, 0.15) is 5.56 Å². The maximum Gasteiger partial charge on any atom is 0.244 e. The van der Waals surface area contributed by atoms with Gasteiger partial charge in [-0.15, -0.1) is 5.10 Å². The third-order valence-corrected chi connectivity index (χ3v) is 4.18. The van der Waals surface area contributed by atoms with E-state index in [0.29, 0.717) is 31.5 Å². The Hall–Kier alpha value is -3.75. The van der Waals surface area contributed by atoms with Crippen molar-refractivity contribution < 1.29 is 18.9 Å². The van der Waals surface area contributed by atoms with Gasteiger partial charge in [0.2, 0.25) is 12.7 Å². The molecule has 1 aliphatic rings. The molecule has 9 nitrogen and oxygen atoms in total. The minimum absolute atomic E-state index is 0.263. The average molecular weight is 395 g/mol. The second-order valence-corrected chi connectivity index (χ2v) is 6.16. The Balaban J connectivity index is 1.24. The summed E-state index contributed by atoms with van der Waals surface area (Å²) < 4.78 is 21.5. The van der Waals surface area contributed by atoms with E-state index in [2.05, 4.69) is 25.8 Å². The van der Waals surface area contributed by atoms with Crippen molar-refractivity contribution in [3.8, 4) is 23.0 Å². The van der Waals surface area contributed by atoms with Crippen LogP contribution in [0.2, 0.25) is 0 Å². The van der Waals surface area contributed by atoms with Gasteiger partial charge in [0.05, 0.1) is 19.9 Å². The Morgan fingerprint density at radius 3 is 2.69 bits per heavy atom. The fourth-order valence-electron chi connectivity index (χ4n) is 2.71. The summed E-state index contributed by atoms with van der Waals surface area (Å²) >= 11 is 0. The van der Waals surface area contributed by atoms with Crippen LogP contribution < -0.4 is 29.6 Å². The third-order valence-electron chi connectivity index (χ3n) is 4.18. The zero-order chi connectivity index (χ0) is 19.9. The fraction of sp³-hybridized carbons (Fsp3) is 0.250. The highest BCUT2D eigenvalue weighted by molar-refractivity contribution is 5.46. The number of fused-ring (bicyclic) bond motifs is 1. The van der Waals surface area contributed by atoms with Gasteiger partial charge in [-0.25, -0.2) is 0 Å². The zero-order valence-corrected chi connectivity index (χ0v) is 15.9. The lowest BCUT2D eigenvalue weighted by Gasteiger charge is -2.09. The SMILES string of the molecule is COc1ccc(OCCNc2nncc(NCc3ccc4c(c3)OCO4)n2)cc1. The molecule has 9 heteroatoms. The van der Waals surface area contributed by atoms with Gasteiger partial charge in [0, 0.05) is 6.54 Å². The lowest BCUT2D eigenvalue weighted by molar-refractivity contribution is 0.174. The summed E-state index contributed by atoms with van der Waals surface area (Å²) in [6.45, 7) is 1.85. The minimum atomic E-state index is 0.263. The van der Waals surface area contributed by atoms with Crippen LogP contribution in [-0.2, 0) is 6.54 Å². The van der Waals surface area contributed by atoms with E-state index >= 15 is 0 Å². The van der Waals surface area contributed by atoms with Crippen molar-refractivity contribution >= 4 is 11.8 Å². The second-order valence-electron chi connectivity index (χ2n) is 6.16. The fourth-order valence-corrected chi connectivity index (χ4v) is 2.71. The number of hydrogen-bond acceptors (Lipinski definition) is 9. The number of nitrogens with one attached hydrogen (secondary N) is 2. The standard InChI is InChI=1S/C20H21N5O4/c1-26-15-3-5-16(6-4-15)27-9-8-21-20-24-19(12-23-25-20)22-11-14-2-7-17-18(10-14)29-13-28-17/h2-7,10,12H,8-9,11,13H2,1H3,(H2,21,22,24,25). The third kappa shape index (κ3) is 4.95. The van der Waals surface area contributed by atoms with E-state index in [4.69, 9.17) is 18.9 Å². The molecule has 0 atom stereocenters. The van der Waals surface area contributed by atoms with Gasteiger partial charge in [0.1, 0.15) is 18.1 Å². The van der Waals surface area contributed by atoms with E-state index in [-0.39, 0.29) is 6.79 Å². The minimum Gasteiger partial charge on any atom is -0.497 e. The van der Waals surface area contributed by atoms with Crippen molar-refractivity contribution in [2.24, 2.45) is 0 Å². The Labute approximate surface area is 168 Å². The van der Waals surface area contributed by atoms with Crippen molar-refractivity contribution in [1.82, 2.24) is 15.2 Å². The summed E-state index contributed by atoms with van der Waals surface area (Å²) in [6, 6.07) is 13.2. The first-order valence-electron chi connectivity index (χ1n) is 9.13. The van der Waals surface area contributed by atoms with Crippen molar-refractivity contribution in [3.63, 3.8) is 0 Å². The largest absolute Gasteiger partial charge is 0.497 e. The number of benzene rings is 2. The smallest absolute Gasteiger partial charge is 0.244 e. The van der Waals surface area contributed by atoms with Gasteiger partial charge in [-0.1, -0.05) is 6.07 Å². The maximum atomic E-state index is 5.67. The molecule has 3 aromatic rings. The number of nitrogens with zero attached hydrogens (tertiary/aromatic N) is 3. The van der Waals surface area contributed by atoms with Gasteiger partial charge in [0.25, 0.3) is 0 Å². The number of hydrogen-bond donors (Lipinski definition) is 2. The van der Waals surface area contributed by atoms with Crippen molar-refractivity contribution in [1.29, 1.82) is 0 Å². The van der Waals surface area contributed by atoms with Gasteiger partial charge in [-0.3, -0.25) is 0 Å². The Kier molecular flexibility index (Phi) is 5.75. The zero-order valence-electron chi connectivity index (χ0n) is 15.9. The molecule has 0 unspecified atom stereocenters. The van der Waals surface area contributed by atoms with Crippen LogP contribution in [0.3, 0.4) is 0 Å². The van der Waals surface area contributed by atoms with Crippen LogP contribution in [0.4, 0.5) is 11.8 Å². The van der Waals surface area contributed by atoms with E-state index in [0.717, 1.165) is 28.6 Å². The first-order valence-corrected chi connectivity index (χ1v) is 9.13. The van der Waals surface area contributed by atoms with Gasteiger partial charge in [-0.05, 0) is 42.0 Å². The first kappa shape index (κ1) is 18.6. The van der Waals surface area contributed by atoms with Crippen LogP contribution in [0.5, 0.6) is 23.0 Å². The second kappa shape index (κ2) is 8.96. The molecule has 0 bridgehead atoms. The summed E-state index contributed by atoms with van der Waals surface area (Å²) in [5.74, 6) is 4.13. The summed E-state index contributed by atoms with van der Waals surface area (Å²) in [5, 5.41) is 14.3. The van der Waals surface area contributed by atoms with Gasteiger partial charge < -0.3 is 29.6 Å². The molecule has 1 aliphatic heterocycles. The lowest BCUT2D eigenvalue weighted by atomic mass is 10.2. The highest BCUT2D eigenvalue weighted by atomic mass is 16.7. The summed E-state index contributed by atoms with van der Waals surface area (Å²) in [4.78, 5) is 4.40. The molecule has 2 N–H and O–H groups in total. The molecule has 29 heavy (non-hydrogen) atoms. The molecular formula is C20H21N5O4. The molecular weight excluding hydrogens is 374 g/mol. The molecule has 0 aliphatic carbocycles. The van der Waals surface area contributed by atoms with Crippen molar-refractivity contribution in [2.75, 3.05) is 37.7 Å². The molecule has 0 amide bonds. The van der Waals surface area contributed by atoms with Crippen LogP contribution in [0, 0.1) is 0 Å². The number of anilines is 2. The summed E-state index contributed by atoms with van der Waals surface area (Å²) in [6.07, 6.45) is 1.58. The van der Waals surface area contributed by atoms with E-state index in [1.165, 1.54) is 0 Å². The van der Waals surface area contributed by atoms with Crippen LogP contribution in [-0.4, -0.2) is 42.2 Å². The Morgan fingerprint density at radius 2 is 1.83 bits per heavy atom. The Morgan fingerprint density at radius 1 is 1.00 bits per heavy atom. The Bertz CT molecular complexity index is 952. The molecule has 2 aromatic carbocycles. The van der Waals surface area contributed by atoms with Crippen molar-refractivity contribution in [2.45, 2.75) is 6.54 Å². The summed E-state index contributed by atoms with van der Waals surface area (Å²) in [5.41, 5.74) is 1.05. The predicted octanol–water partition coefficient (Wildman–Crippen LogP) is 2.71. The van der Waals surface area contributed by atoms with Gasteiger partial charge in [-0.2, -0.15) is 10.1 Å². The molecule has 1 aromatic heterocycles. The average Bonchev–Trinajstić information content (AvgIpc) is 3.24. The van der Waals surface area contributed by atoms with E-state index in [9.17, 15) is 0 Å². The lowest BCUT2D eigenvalue weighted by Crippen LogP contribution is -2.14. The number of aromatic nitrogens is 3. The van der Waals surface area contributed by atoms with Gasteiger partial charge >= 0.3 is 0 Å². The predicted molar refractivity (Wildman–Crippen MR) is 107 cm³/mol. The molecule has 4 rings (SSSR count). The molecule has 0 saturated heterocycles. The van der Waals surface area contributed by atoms with Crippen LogP contribution >= 0.6 is 0 Å².